The van der Waals surface area contributed by atoms with Gasteiger partial charge >= 0.3 is 0 Å². The van der Waals surface area contributed by atoms with E-state index in [1.165, 1.54) is 24.7 Å². The van der Waals surface area contributed by atoms with Gasteiger partial charge in [0.25, 0.3) is 5.91 Å². The summed E-state index contributed by atoms with van der Waals surface area (Å²) in [6.07, 6.45) is 4.94. The van der Waals surface area contributed by atoms with Crippen LogP contribution in [0.4, 0.5) is 0 Å². The molecule has 0 aliphatic heterocycles. The van der Waals surface area contributed by atoms with Crippen LogP contribution >= 0.6 is 0 Å². The van der Waals surface area contributed by atoms with Crippen molar-refractivity contribution in [2.45, 2.75) is 25.2 Å². The number of benzene rings is 1. The van der Waals surface area contributed by atoms with Crippen molar-refractivity contribution < 1.29 is 18.7 Å². The highest BCUT2D eigenvalue weighted by atomic mass is 16.5. The third kappa shape index (κ3) is 3.98. The molecule has 5 heteroatoms. The molecule has 0 spiro atoms. The highest BCUT2D eigenvalue weighted by Crippen LogP contribution is 2.46. The van der Waals surface area contributed by atoms with Crippen molar-refractivity contribution in [2.75, 3.05) is 27.8 Å². The molecule has 0 radical (unpaired) electrons. The van der Waals surface area contributed by atoms with Gasteiger partial charge in [0.05, 0.1) is 20.5 Å². The molecule has 0 N–H and O–H groups in total. The second-order valence-corrected chi connectivity index (χ2v) is 6.55. The summed E-state index contributed by atoms with van der Waals surface area (Å²) in [5.41, 5.74) is 1.25. The van der Waals surface area contributed by atoms with Crippen molar-refractivity contribution in [3.05, 3.63) is 47.9 Å². The maximum absolute atomic E-state index is 12.3. The number of carbonyl (C=O) groups excluding carboxylic acids is 1. The van der Waals surface area contributed by atoms with Gasteiger partial charge < -0.3 is 18.8 Å². The van der Waals surface area contributed by atoms with Gasteiger partial charge in [0, 0.05) is 13.6 Å². The van der Waals surface area contributed by atoms with Crippen molar-refractivity contribution >= 4 is 5.91 Å². The molecular formula is C20H25NO4. The Morgan fingerprint density at radius 3 is 2.60 bits per heavy atom. The fourth-order valence-electron chi connectivity index (χ4n) is 3.28. The van der Waals surface area contributed by atoms with Crippen molar-refractivity contribution in [3.63, 3.8) is 0 Å². The lowest BCUT2D eigenvalue weighted by Gasteiger charge is -2.22. The lowest BCUT2D eigenvalue weighted by molar-refractivity contribution is 0.0758. The minimum Gasteiger partial charge on any atom is -0.493 e. The quantitative estimate of drug-likeness (QED) is 0.728. The Balaban J connectivity index is 1.69. The van der Waals surface area contributed by atoms with Crippen LogP contribution in [0.5, 0.6) is 11.5 Å². The number of nitrogens with zero attached hydrogens (tertiary/aromatic N) is 1. The average Bonchev–Trinajstić information content (AvgIpc) is 3.33. The van der Waals surface area contributed by atoms with Gasteiger partial charge in [-0.15, -0.1) is 0 Å². The SMILES string of the molecule is COc1ccc(C(CCN(C)C(=O)c2ccco2)C2CC2)cc1OC. The minimum atomic E-state index is -0.0770. The van der Waals surface area contributed by atoms with E-state index in [4.69, 9.17) is 13.9 Å². The van der Waals surface area contributed by atoms with Gasteiger partial charge in [0.1, 0.15) is 0 Å². The number of methoxy groups -OCH3 is 2. The van der Waals surface area contributed by atoms with Gasteiger partial charge in [-0.25, -0.2) is 0 Å². The predicted octanol–water partition coefficient (Wildman–Crippen LogP) is 3.95. The van der Waals surface area contributed by atoms with Crippen molar-refractivity contribution in [3.8, 4) is 11.5 Å². The molecule has 5 nitrogen and oxygen atoms in total. The fraction of sp³-hybridized carbons (Fsp3) is 0.450. The Morgan fingerprint density at radius 2 is 2.00 bits per heavy atom. The second-order valence-electron chi connectivity index (χ2n) is 6.55. The fourth-order valence-corrected chi connectivity index (χ4v) is 3.28. The standard InChI is InChI=1S/C20H25NO4/c1-21(20(22)18-5-4-12-25-18)11-10-16(14-6-7-14)15-8-9-17(23-2)19(13-15)24-3/h4-5,8-9,12-14,16H,6-7,10-11H2,1-3H3. The summed E-state index contributed by atoms with van der Waals surface area (Å²) < 4.78 is 16.0. The van der Waals surface area contributed by atoms with E-state index in [0.29, 0.717) is 24.1 Å². The second kappa shape index (κ2) is 7.64. The summed E-state index contributed by atoms with van der Waals surface area (Å²) >= 11 is 0. The van der Waals surface area contributed by atoms with Crippen molar-refractivity contribution in [1.82, 2.24) is 4.90 Å². The predicted molar refractivity (Wildman–Crippen MR) is 95.3 cm³/mol. The van der Waals surface area contributed by atoms with E-state index in [-0.39, 0.29) is 5.91 Å². The summed E-state index contributed by atoms with van der Waals surface area (Å²) in [5, 5.41) is 0. The first-order valence-corrected chi connectivity index (χ1v) is 8.65. The highest BCUT2D eigenvalue weighted by molar-refractivity contribution is 5.91. The number of carbonyl (C=O) groups is 1. The maximum atomic E-state index is 12.3. The first-order chi connectivity index (χ1) is 12.1. The Labute approximate surface area is 148 Å². The van der Waals surface area contributed by atoms with Gasteiger partial charge in [-0.1, -0.05) is 6.07 Å². The third-order valence-corrected chi connectivity index (χ3v) is 4.88. The van der Waals surface area contributed by atoms with Crippen LogP contribution in [0, 0.1) is 5.92 Å². The first kappa shape index (κ1) is 17.4. The molecular weight excluding hydrogens is 318 g/mol. The van der Waals surface area contributed by atoms with Crippen molar-refractivity contribution in [2.24, 2.45) is 5.92 Å². The Morgan fingerprint density at radius 1 is 1.24 bits per heavy atom. The van der Waals surface area contributed by atoms with Crippen LogP contribution in [0.2, 0.25) is 0 Å². The molecule has 1 saturated carbocycles. The average molecular weight is 343 g/mol. The van der Waals surface area contributed by atoms with Crippen LogP contribution in [0.1, 0.15) is 41.3 Å². The van der Waals surface area contributed by atoms with E-state index in [1.54, 1.807) is 31.3 Å². The zero-order valence-corrected chi connectivity index (χ0v) is 15.0. The summed E-state index contributed by atoms with van der Waals surface area (Å²) in [6, 6.07) is 9.57. The van der Waals surface area contributed by atoms with E-state index in [9.17, 15) is 4.79 Å². The number of amides is 1. The first-order valence-electron chi connectivity index (χ1n) is 8.65. The van der Waals surface area contributed by atoms with Crippen LogP contribution < -0.4 is 9.47 Å². The molecule has 1 unspecified atom stereocenters. The number of hydrogen-bond donors (Lipinski definition) is 0. The molecule has 1 aliphatic rings. The van der Waals surface area contributed by atoms with Crippen LogP contribution in [0.15, 0.2) is 41.0 Å². The summed E-state index contributed by atoms with van der Waals surface area (Å²) in [4.78, 5) is 14.1. The van der Waals surface area contributed by atoms with Crippen LogP contribution in [-0.4, -0.2) is 38.6 Å². The molecule has 25 heavy (non-hydrogen) atoms. The monoisotopic (exact) mass is 343 g/mol. The van der Waals surface area contributed by atoms with Gasteiger partial charge in [0.2, 0.25) is 0 Å². The zero-order valence-electron chi connectivity index (χ0n) is 15.0. The molecule has 1 aromatic carbocycles. The number of furan rings is 1. The van der Waals surface area contributed by atoms with Gasteiger partial charge in [-0.2, -0.15) is 0 Å². The lowest BCUT2D eigenvalue weighted by Crippen LogP contribution is -2.28. The van der Waals surface area contributed by atoms with Gasteiger partial charge in [-0.3, -0.25) is 4.79 Å². The van der Waals surface area contributed by atoms with Crippen LogP contribution in [0.25, 0.3) is 0 Å². The highest BCUT2D eigenvalue weighted by Gasteiger charge is 2.33. The molecule has 1 amide bonds. The zero-order chi connectivity index (χ0) is 17.8. The Bertz CT molecular complexity index is 706. The number of ether oxygens (including phenoxy) is 2. The Hall–Kier alpha value is -2.43. The van der Waals surface area contributed by atoms with E-state index in [0.717, 1.165) is 17.9 Å². The molecule has 1 aromatic heterocycles. The van der Waals surface area contributed by atoms with E-state index in [1.807, 2.05) is 13.1 Å². The van der Waals surface area contributed by atoms with Crippen LogP contribution in [-0.2, 0) is 0 Å². The van der Waals surface area contributed by atoms with E-state index < -0.39 is 0 Å². The molecule has 0 bridgehead atoms. The molecule has 1 aliphatic carbocycles. The summed E-state index contributed by atoms with van der Waals surface area (Å²) in [6.45, 7) is 0.690. The normalized spacial score (nSPS) is 14.8. The topological polar surface area (TPSA) is 51.9 Å². The van der Waals surface area contributed by atoms with Crippen LogP contribution in [0.3, 0.4) is 0 Å². The van der Waals surface area contributed by atoms with E-state index >= 15 is 0 Å². The molecule has 134 valence electrons. The van der Waals surface area contributed by atoms with Crippen molar-refractivity contribution in [1.29, 1.82) is 0 Å². The molecule has 0 saturated heterocycles. The number of hydrogen-bond acceptors (Lipinski definition) is 4. The third-order valence-electron chi connectivity index (χ3n) is 4.88. The lowest BCUT2D eigenvalue weighted by atomic mass is 9.90. The molecule has 1 heterocycles. The molecule has 1 atom stereocenters. The smallest absolute Gasteiger partial charge is 0.289 e. The molecule has 1 fully saturated rings. The summed E-state index contributed by atoms with van der Waals surface area (Å²) in [5.74, 6) is 2.91. The van der Waals surface area contributed by atoms with Gasteiger partial charge in [0.15, 0.2) is 17.3 Å². The Kier molecular flexibility index (Phi) is 5.31. The van der Waals surface area contributed by atoms with Gasteiger partial charge in [-0.05, 0) is 60.9 Å². The van der Waals surface area contributed by atoms with E-state index in [2.05, 4.69) is 12.1 Å². The minimum absolute atomic E-state index is 0.0770. The molecule has 3 rings (SSSR count). The largest absolute Gasteiger partial charge is 0.493 e. The summed E-state index contributed by atoms with van der Waals surface area (Å²) in [7, 11) is 5.12. The maximum Gasteiger partial charge on any atom is 0.289 e. The number of rotatable bonds is 8. The molecule has 2 aromatic rings.